The van der Waals surface area contributed by atoms with Crippen LogP contribution in [0.15, 0.2) is 18.2 Å². The zero-order valence-electron chi connectivity index (χ0n) is 11.4. The lowest BCUT2D eigenvalue weighted by atomic mass is 10.1. The maximum Gasteiger partial charge on any atom is 0.253 e. The summed E-state index contributed by atoms with van der Waals surface area (Å²) in [5.41, 5.74) is 2.68. The number of nitrogens with one attached hydrogen (secondary N) is 2. The number of carbonyl (C=O) groups is 1. The van der Waals surface area contributed by atoms with E-state index < -0.39 is 0 Å². The molecule has 5 nitrogen and oxygen atoms in total. The lowest BCUT2D eigenvalue weighted by Crippen LogP contribution is -2.29. The van der Waals surface area contributed by atoms with Crippen LogP contribution in [0, 0.1) is 0 Å². The molecule has 1 aliphatic rings. The molecule has 0 spiro atoms. The highest BCUT2D eigenvalue weighted by molar-refractivity contribution is 5.96. The molecular formula is C14H21N3O2. The molecule has 1 aromatic rings. The third-order valence-corrected chi connectivity index (χ3v) is 3.25. The molecule has 1 unspecified atom stereocenters. The Morgan fingerprint density at radius 1 is 1.37 bits per heavy atom. The number of anilines is 2. The molecule has 104 valence electrons. The van der Waals surface area contributed by atoms with Crippen LogP contribution < -0.4 is 10.6 Å². The van der Waals surface area contributed by atoms with E-state index in [9.17, 15) is 9.90 Å². The monoisotopic (exact) mass is 263 g/mol. The van der Waals surface area contributed by atoms with Gasteiger partial charge in [-0.05, 0) is 31.5 Å². The average molecular weight is 263 g/mol. The van der Waals surface area contributed by atoms with Crippen molar-refractivity contribution in [2.75, 3.05) is 37.3 Å². The molecule has 1 aliphatic heterocycles. The minimum absolute atomic E-state index is 0.0178. The number of hydrogen-bond acceptors (Lipinski definition) is 4. The first-order valence-electron chi connectivity index (χ1n) is 6.63. The molecule has 0 aromatic heterocycles. The van der Waals surface area contributed by atoms with Gasteiger partial charge in [-0.3, -0.25) is 4.79 Å². The topological polar surface area (TPSA) is 64.6 Å². The van der Waals surface area contributed by atoms with Crippen molar-refractivity contribution in [1.29, 1.82) is 0 Å². The zero-order valence-corrected chi connectivity index (χ0v) is 11.4. The smallest absolute Gasteiger partial charge is 0.253 e. The van der Waals surface area contributed by atoms with E-state index in [0.29, 0.717) is 18.5 Å². The molecule has 5 heteroatoms. The number of aliphatic hydroxyl groups is 1. The minimum Gasteiger partial charge on any atom is -0.393 e. The molecule has 1 heterocycles. The van der Waals surface area contributed by atoms with Gasteiger partial charge in [-0.2, -0.15) is 0 Å². The minimum atomic E-state index is -0.385. The molecule has 1 amide bonds. The van der Waals surface area contributed by atoms with Gasteiger partial charge >= 0.3 is 0 Å². The van der Waals surface area contributed by atoms with Gasteiger partial charge < -0.3 is 20.6 Å². The van der Waals surface area contributed by atoms with Gasteiger partial charge in [0.1, 0.15) is 0 Å². The van der Waals surface area contributed by atoms with Crippen LogP contribution in [-0.4, -0.2) is 48.7 Å². The van der Waals surface area contributed by atoms with Crippen molar-refractivity contribution >= 4 is 17.3 Å². The zero-order chi connectivity index (χ0) is 13.8. The van der Waals surface area contributed by atoms with Crippen molar-refractivity contribution < 1.29 is 9.90 Å². The predicted octanol–water partition coefficient (Wildman–Crippen LogP) is 1.37. The maximum atomic E-state index is 12.2. The summed E-state index contributed by atoms with van der Waals surface area (Å²) in [5.74, 6) is -0.0178. The first kappa shape index (κ1) is 13.7. The summed E-state index contributed by atoms with van der Waals surface area (Å²) in [5, 5.41) is 15.8. The summed E-state index contributed by atoms with van der Waals surface area (Å²) in [6.45, 7) is 4.04. The van der Waals surface area contributed by atoms with Gasteiger partial charge in [-0.25, -0.2) is 0 Å². The molecule has 0 bridgehead atoms. The molecule has 1 aromatic carbocycles. The Balaban J connectivity index is 2.06. The van der Waals surface area contributed by atoms with Gasteiger partial charge in [0.15, 0.2) is 0 Å². The first-order valence-corrected chi connectivity index (χ1v) is 6.63. The number of nitrogens with zero attached hydrogens (tertiary/aromatic N) is 1. The molecular weight excluding hydrogens is 242 g/mol. The van der Waals surface area contributed by atoms with E-state index in [2.05, 4.69) is 10.6 Å². The normalized spacial score (nSPS) is 14.9. The summed E-state index contributed by atoms with van der Waals surface area (Å²) in [6, 6.07) is 5.64. The third-order valence-electron chi connectivity index (χ3n) is 3.25. The summed E-state index contributed by atoms with van der Waals surface area (Å²) in [6.07, 6.45) is 0.206. The number of amides is 1. The highest BCUT2D eigenvalue weighted by Crippen LogP contribution is 2.25. The van der Waals surface area contributed by atoms with Crippen LogP contribution in [0.3, 0.4) is 0 Å². The van der Waals surface area contributed by atoms with E-state index in [1.807, 2.05) is 18.2 Å². The molecule has 3 N–H and O–H groups in total. The molecule has 0 aliphatic carbocycles. The Bertz CT molecular complexity index is 460. The van der Waals surface area contributed by atoms with E-state index in [1.165, 1.54) is 0 Å². The van der Waals surface area contributed by atoms with Crippen LogP contribution >= 0.6 is 0 Å². The molecule has 0 radical (unpaired) electrons. The van der Waals surface area contributed by atoms with Crippen molar-refractivity contribution in [3.8, 4) is 0 Å². The number of hydrogen-bond donors (Lipinski definition) is 3. The Morgan fingerprint density at radius 2 is 2.05 bits per heavy atom. The maximum absolute atomic E-state index is 12.2. The second-order valence-electron chi connectivity index (χ2n) is 4.98. The largest absolute Gasteiger partial charge is 0.393 e. The first-order chi connectivity index (χ1) is 9.08. The van der Waals surface area contributed by atoms with Crippen LogP contribution in [0.5, 0.6) is 0 Å². The van der Waals surface area contributed by atoms with Crippen LogP contribution in [0.25, 0.3) is 0 Å². The standard InChI is InChI=1S/C14H21N3O2/c1-10(18)5-8-17(2)14(19)11-3-4-12-13(9-11)16-7-6-15-12/h3-4,9-10,15-16,18H,5-8H2,1-2H3. The number of fused-ring (bicyclic) bond motifs is 1. The SMILES string of the molecule is CC(O)CCN(C)C(=O)c1ccc2c(c1)NCCN2. The lowest BCUT2D eigenvalue weighted by molar-refractivity contribution is 0.0769. The van der Waals surface area contributed by atoms with E-state index in [1.54, 1.807) is 18.9 Å². The van der Waals surface area contributed by atoms with Gasteiger partial charge in [-0.1, -0.05) is 0 Å². The van der Waals surface area contributed by atoms with Gasteiger partial charge in [0, 0.05) is 32.2 Å². The Morgan fingerprint density at radius 3 is 2.74 bits per heavy atom. The van der Waals surface area contributed by atoms with Crippen LogP contribution in [0.2, 0.25) is 0 Å². The molecule has 0 saturated carbocycles. The molecule has 0 saturated heterocycles. The van der Waals surface area contributed by atoms with E-state index in [4.69, 9.17) is 0 Å². The van der Waals surface area contributed by atoms with E-state index in [-0.39, 0.29) is 12.0 Å². The highest BCUT2D eigenvalue weighted by Gasteiger charge is 2.15. The Hall–Kier alpha value is -1.75. The molecule has 1 atom stereocenters. The van der Waals surface area contributed by atoms with Gasteiger partial charge in [0.25, 0.3) is 5.91 Å². The third kappa shape index (κ3) is 3.38. The summed E-state index contributed by atoms with van der Waals surface area (Å²) < 4.78 is 0. The Kier molecular flexibility index (Phi) is 4.27. The summed E-state index contributed by atoms with van der Waals surface area (Å²) >= 11 is 0. The number of benzene rings is 1. The number of rotatable bonds is 4. The molecule has 0 fully saturated rings. The fourth-order valence-corrected chi connectivity index (χ4v) is 2.07. The fourth-order valence-electron chi connectivity index (χ4n) is 2.07. The summed E-state index contributed by atoms with van der Waals surface area (Å²) in [7, 11) is 1.76. The highest BCUT2D eigenvalue weighted by atomic mass is 16.3. The molecule has 2 rings (SSSR count). The number of carbonyl (C=O) groups excluding carboxylic acids is 1. The van der Waals surface area contributed by atoms with Crippen molar-refractivity contribution in [3.05, 3.63) is 23.8 Å². The van der Waals surface area contributed by atoms with Crippen LogP contribution in [0.4, 0.5) is 11.4 Å². The fraction of sp³-hybridized carbons (Fsp3) is 0.500. The summed E-state index contributed by atoms with van der Waals surface area (Å²) in [4.78, 5) is 13.9. The quantitative estimate of drug-likeness (QED) is 0.767. The average Bonchev–Trinajstić information content (AvgIpc) is 2.43. The van der Waals surface area contributed by atoms with Crippen LogP contribution in [-0.2, 0) is 0 Å². The number of aliphatic hydroxyl groups excluding tert-OH is 1. The van der Waals surface area contributed by atoms with Crippen molar-refractivity contribution in [3.63, 3.8) is 0 Å². The van der Waals surface area contributed by atoms with E-state index >= 15 is 0 Å². The van der Waals surface area contributed by atoms with Crippen molar-refractivity contribution in [2.45, 2.75) is 19.4 Å². The second-order valence-corrected chi connectivity index (χ2v) is 4.98. The van der Waals surface area contributed by atoms with Crippen molar-refractivity contribution in [2.24, 2.45) is 0 Å². The van der Waals surface area contributed by atoms with Gasteiger partial charge in [0.05, 0.1) is 17.5 Å². The predicted molar refractivity (Wildman–Crippen MR) is 76.7 cm³/mol. The Labute approximate surface area is 113 Å². The molecule has 19 heavy (non-hydrogen) atoms. The van der Waals surface area contributed by atoms with E-state index in [0.717, 1.165) is 24.5 Å². The lowest BCUT2D eigenvalue weighted by Gasteiger charge is -2.22. The van der Waals surface area contributed by atoms with Crippen molar-refractivity contribution in [1.82, 2.24) is 4.90 Å². The second kappa shape index (κ2) is 5.93. The van der Waals surface area contributed by atoms with Gasteiger partial charge in [0.2, 0.25) is 0 Å². The van der Waals surface area contributed by atoms with Gasteiger partial charge in [-0.15, -0.1) is 0 Å². The van der Waals surface area contributed by atoms with Crippen LogP contribution in [0.1, 0.15) is 23.7 Å².